The van der Waals surface area contributed by atoms with E-state index in [1.165, 1.54) is 4.90 Å². The van der Waals surface area contributed by atoms with Gasteiger partial charge in [-0.1, -0.05) is 25.1 Å². The van der Waals surface area contributed by atoms with Crippen LogP contribution in [-0.4, -0.2) is 55.3 Å². The summed E-state index contributed by atoms with van der Waals surface area (Å²) in [6.45, 7) is 4.51. The molecule has 2 N–H and O–H groups in total. The number of hydrogen-bond donors (Lipinski definition) is 2. The van der Waals surface area contributed by atoms with Crippen LogP contribution in [-0.2, 0) is 14.4 Å². The van der Waals surface area contributed by atoms with Crippen molar-refractivity contribution in [2.45, 2.75) is 31.8 Å². The number of hydrogen-bond acceptors (Lipinski definition) is 4. The van der Waals surface area contributed by atoms with Crippen LogP contribution in [0.4, 0.5) is 5.69 Å². The van der Waals surface area contributed by atoms with Crippen LogP contribution < -0.4 is 15.5 Å². The molecule has 134 valence electrons. The van der Waals surface area contributed by atoms with E-state index in [0.29, 0.717) is 12.1 Å². The van der Waals surface area contributed by atoms with Crippen LogP contribution in [0.5, 0.6) is 0 Å². The second-order valence-electron chi connectivity index (χ2n) is 6.50. The number of amides is 3. The molecule has 2 atom stereocenters. The Morgan fingerprint density at radius 3 is 2.76 bits per heavy atom. The first-order chi connectivity index (χ1) is 12.0. The van der Waals surface area contributed by atoms with Crippen molar-refractivity contribution in [3.05, 3.63) is 29.8 Å². The van der Waals surface area contributed by atoms with E-state index in [9.17, 15) is 14.4 Å². The lowest BCUT2D eigenvalue weighted by Crippen LogP contribution is -2.47. The third-order valence-corrected chi connectivity index (χ3v) is 5.07. The normalized spacial score (nSPS) is 22.8. The first kappa shape index (κ1) is 17.4. The molecule has 25 heavy (non-hydrogen) atoms. The van der Waals surface area contributed by atoms with Crippen molar-refractivity contribution in [3.8, 4) is 0 Å². The lowest BCUT2D eigenvalue weighted by Gasteiger charge is -2.22. The number of anilines is 1. The van der Waals surface area contributed by atoms with Gasteiger partial charge in [-0.25, -0.2) is 0 Å². The number of carbonyl (C=O) groups is 3. The van der Waals surface area contributed by atoms with Crippen molar-refractivity contribution in [3.63, 3.8) is 0 Å². The molecule has 0 bridgehead atoms. The summed E-state index contributed by atoms with van der Waals surface area (Å²) in [5.74, 6) is -1.71. The number of fused-ring (bicyclic) bond motifs is 1. The average molecular weight is 344 g/mol. The van der Waals surface area contributed by atoms with E-state index in [4.69, 9.17) is 0 Å². The Bertz CT molecular complexity index is 691. The molecule has 0 aliphatic carbocycles. The number of likely N-dealkylation sites (N-methyl/N-ethyl adjacent to an activating group) is 2. The summed E-state index contributed by atoms with van der Waals surface area (Å²) in [6, 6.07) is 6.72. The van der Waals surface area contributed by atoms with E-state index in [-0.39, 0.29) is 11.9 Å². The fraction of sp³-hybridized carbons (Fsp3) is 0.500. The molecule has 3 rings (SSSR count). The minimum Gasteiger partial charge on any atom is -0.346 e. The van der Waals surface area contributed by atoms with Crippen LogP contribution in [0.1, 0.15) is 31.4 Å². The van der Waals surface area contributed by atoms with Crippen LogP contribution in [0.3, 0.4) is 0 Å². The topological polar surface area (TPSA) is 81.8 Å². The van der Waals surface area contributed by atoms with Crippen molar-refractivity contribution < 1.29 is 14.4 Å². The number of para-hydroxylation sites is 1. The second kappa shape index (κ2) is 7.23. The maximum Gasteiger partial charge on any atom is 0.310 e. The molecule has 0 radical (unpaired) electrons. The zero-order valence-corrected chi connectivity index (χ0v) is 14.6. The van der Waals surface area contributed by atoms with Gasteiger partial charge in [-0.2, -0.15) is 0 Å². The van der Waals surface area contributed by atoms with Gasteiger partial charge in [0.1, 0.15) is 6.04 Å². The number of benzene rings is 1. The summed E-state index contributed by atoms with van der Waals surface area (Å²) >= 11 is 0. The van der Waals surface area contributed by atoms with Gasteiger partial charge in [0.2, 0.25) is 0 Å². The molecule has 1 saturated heterocycles. The molecular weight excluding hydrogens is 320 g/mol. The van der Waals surface area contributed by atoms with Crippen LogP contribution in [0.25, 0.3) is 0 Å². The van der Waals surface area contributed by atoms with Crippen LogP contribution in [0.15, 0.2) is 24.3 Å². The highest BCUT2D eigenvalue weighted by Crippen LogP contribution is 2.34. The molecule has 1 fully saturated rings. The second-order valence-corrected chi connectivity index (χ2v) is 6.50. The van der Waals surface area contributed by atoms with Gasteiger partial charge in [0.25, 0.3) is 5.91 Å². The fourth-order valence-electron chi connectivity index (χ4n) is 3.65. The SMILES string of the molecule is CCN1CCC[C@@H]1CNC(=O)C(=O)N[C@@H]1C(=O)N(C)c2ccccc21. The Balaban J connectivity index is 1.59. The Kier molecular flexibility index (Phi) is 5.03. The van der Waals surface area contributed by atoms with E-state index in [1.54, 1.807) is 13.1 Å². The summed E-state index contributed by atoms with van der Waals surface area (Å²) in [5, 5.41) is 5.25. The third kappa shape index (κ3) is 3.37. The van der Waals surface area contributed by atoms with Crippen LogP contribution in [0.2, 0.25) is 0 Å². The smallest absolute Gasteiger partial charge is 0.310 e. The largest absolute Gasteiger partial charge is 0.346 e. The number of nitrogens with zero attached hydrogens (tertiary/aromatic N) is 2. The highest BCUT2D eigenvalue weighted by molar-refractivity contribution is 6.35. The summed E-state index contributed by atoms with van der Waals surface area (Å²) in [4.78, 5) is 40.5. The van der Waals surface area contributed by atoms with Gasteiger partial charge < -0.3 is 15.5 Å². The van der Waals surface area contributed by atoms with Crippen LogP contribution >= 0.6 is 0 Å². The Morgan fingerprint density at radius 2 is 2.00 bits per heavy atom. The van der Waals surface area contributed by atoms with Crippen molar-refractivity contribution >= 4 is 23.4 Å². The maximum atomic E-state index is 12.3. The van der Waals surface area contributed by atoms with Gasteiger partial charge in [0, 0.05) is 30.9 Å². The van der Waals surface area contributed by atoms with Crippen molar-refractivity contribution in [2.75, 3.05) is 31.6 Å². The standard InChI is InChI=1S/C18H24N4O3/c1-3-22-10-6-7-12(22)11-19-16(23)17(24)20-15-13-8-4-5-9-14(13)21(2)18(15)25/h4-5,8-9,12,15H,3,6-7,10-11H2,1-2H3,(H,19,23)(H,20,24)/t12-,15+/m1/s1. The molecule has 2 aliphatic rings. The summed E-state index contributed by atoms with van der Waals surface area (Å²) in [6.07, 6.45) is 2.13. The van der Waals surface area contributed by atoms with E-state index >= 15 is 0 Å². The first-order valence-corrected chi connectivity index (χ1v) is 8.72. The van der Waals surface area contributed by atoms with E-state index in [2.05, 4.69) is 22.5 Å². The molecule has 1 aromatic carbocycles. The monoisotopic (exact) mass is 344 g/mol. The van der Waals surface area contributed by atoms with E-state index < -0.39 is 17.9 Å². The van der Waals surface area contributed by atoms with Gasteiger partial charge in [-0.3, -0.25) is 19.3 Å². The molecule has 0 spiro atoms. The fourth-order valence-corrected chi connectivity index (χ4v) is 3.65. The van der Waals surface area contributed by atoms with Crippen LogP contribution in [0, 0.1) is 0 Å². The lowest BCUT2D eigenvalue weighted by molar-refractivity contribution is -0.140. The average Bonchev–Trinajstić information content (AvgIpc) is 3.18. The number of nitrogens with one attached hydrogen (secondary N) is 2. The van der Waals surface area contributed by atoms with E-state index in [0.717, 1.165) is 31.6 Å². The van der Waals surface area contributed by atoms with Gasteiger partial charge in [0.05, 0.1) is 0 Å². The summed E-state index contributed by atoms with van der Waals surface area (Å²) in [5.41, 5.74) is 1.46. The molecule has 0 aromatic heterocycles. The molecule has 3 amide bonds. The van der Waals surface area contributed by atoms with Crippen molar-refractivity contribution in [1.29, 1.82) is 0 Å². The Hall–Kier alpha value is -2.41. The predicted molar refractivity (Wildman–Crippen MR) is 94.0 cm³/mol. The number of carbonyl (C=O) groups excluding carboxylic acids is 3. The molecule has 7 heteroatoms. The zero-order chi connectivity index (χ0) is 18.0. The molecule has 0 unspecified atom stereocenters. The molecular formula is C18H24N4O3. The van der Waals surface area contributed by atoms with Gasteiger partial charge >= 0.3 is 11.8 Å². The summed E-state index contributed by atoms with van der Waals surface area (Å²) < 4.78 is 0. The molecule has 2 aliphatic heterocycles. The van der Waals surface area contributed by atoms with Gasteiger partial charge in [0.15, 0.2) is 0 Å². The number of rotatable bonds is 4. The molecule has 7 nitrogen and oxygen atoms in total. The minimum absolute atomic E-state index is 0.240. The highest BCUT2D eigenvalue weighted by Gasteiger charge is 2.37. The Labute approximate surface area is 147 Å². The van der Waals surface area contributed by atoms with Gasteiger partial charge in [-0.15, -0.1) is 0 Å². The quantitative estimate of drug-likeness (QED) is 0.776. The molecule has 2 heterocycles. The predicted octanol–water partition coefficient (Wildman–Crippen LogP) is 0.421. The third-order valence-electron chi connectivity index (χ3n) is 5.07. The Morgan fingerprint density at radius 1 is 1.24 bits per heavy atom. The minimum atomic E-state index is -0.807. The molecule has 0 saturated carbocycles. The van der Waals surface area contributed by atoms with E-state index in [1.807, 2.05) is 18.2 Å². The lowest BCUT2D eigenvalue weighted by atomic mass is 10.1. The van der Waals surface area contributed by atoms with Gasteiger partial charge in [-0.05, 0) is 32.0 Å². The maximum absolute atomic E-state index is 12.3. The summed E-state index contributed by atoms with van der Waals surface area (Å²) in [7, 11) is 1.66. The van der Waals surface area contributed by atoms with Crippen molar-refractivity contribution in [1.82, 2.24) is 15.5 Å². The highest BCUT2D eigenvalue weighted by atomic mass is 16.2. The first-order valence-electron chi connectivity index (χ1n) is 8.72. The molecule has 1 aromatic rings. The number of likely N-dealkylation sites (tertiary alicyclic amines) is 1. The van der Waals surface area contributed by atoms with Crippen molar-refractivity contribution in [2.24, 2.45) is 0 Å². The zero-order valence-electron chi connectivity index (χ0n) is 14.6.